The Morgan fingerprint density at radius 2 is 2.04 bits per heavy atom. The first-order valence-corrected chi connectivity index (χ1v) is 8.11. The van der Waals surface area contributed by atoms with Crippen LogP contribution >= 0.6 is 11.6 Å². The zero-order valence-electron chi connectivity index (χ0n) is 13.6. The van der Waals surface area contributed by atoms with Crippen molar-refractivity contribution in [3.63, 3.8) is 0 Å². The van der Waals surface area contributed by atoms with Crippen molar-refractivity contribution in [2.24, 2.45) is 0 Å². The summed E-state index contributed by atoms with van der Waals surface area (Å²) in [7, 11) is 0. The summed E-state index contributed by atoms with van der Waals surface area (Å²) in [6.07, 6.45) is 4.20. The number of ether oxygens (including phenoxy) is 1. The van der Waals surface area contributed by atoms with E-state index in [0.29, 0.717) is 23.7 Å². The van der Waals surface area contributed by atoms with Crippen LogP contribution in [-0.2, 0) is 11.3 Å². The smallest absolute Gasteiger partial charge is 0.407 e. The van der Waals surface area contributed by atoms with E-state index < -0.39 is 6.09 Å². The number of benzene rings is 2. The summed E-state index contributed by atoms with van der Waals surface area (Å²) >= 11 is 6.05. The van der Waals surface area contributed by atoms with Gasteiger partial charge in [-0.25, -0.2) is 4.79 Å². The molecule has 2 aromatic rings. The van der Waals surface area contributed by atoms with Crippen molar-refractivity contribution in [1.82, 2.24) is 5.32 Å². The number of nitrogens with one attached hydrogen (secondary N) is 1. The quantitative estimate of drug-likeness (QED) is 0.596. The van der Waals surface area contributed by atoms with E-state index in [1.54, 1.807) is 0 Å². The number of rotatable bonds is 6. The average Bonchev–Trinajstić information content (AvgIpc) is 2.58. The number of nitrogens with two attached hydrogens (primary N) is 1. The van der Waals surface area contributed by atoms with Gasteiger partial charge in [-0.15, -0.1) is 0 Å². The number of aryl methyl sites for hydroxylation is 1. The zero-order valence-corrected chi connectivity index (χ0v) is 14.3. The molecule has 0 aliphatic rings. The molecule has 0 aliphatic carbocycles. The number of halogens is 1. The fraction of sp³-hybridized carbons (Fsp3) is 0.211. The van der Waals surface area contributed by atoms with Gasteiger partial charge in [-0.05, 0) is 42.2 Å². The SMILES string of the molecule is Cc1cc(C=CCCNC(=O)OCc2ccccc2)cc(Cl)c1N. The van der Waals surface area contributed by atoms with E-state index in [1.165, 1.54) is 0 Å². The van der Waals surface area contributed by atoms with Crippen molar-refractivity contribution in [3.05, 3.63) is 70.3 Å². The first kappa shape index (κ1) is 17.9. The molecule has 0 atom stereocenters. The molecule has 0 fully saturated rings. The first-order valence-electron chi connectivity index (χ1n) is 7.73. The molecule has 0 heterocycles. The number of carbonyl (C=O) groups is 1. The van der Waals surface area contributed by atoms with E-state index in [9.17, 15) is 4.79 Å². The molecule has 126 valence electrons. The van der Waals surface area contributed by atoms with Gasteiger partial charge in [0.05, 0.1) is 10.7 Å². The average molecular weight is 345 g/mol. The van der Waals surface area contributed by atoms with E-state index in [4.69, 9.17) is 22.1 Å². The summed E-state index contributed by atoms with van der Waals surface area (Å²) in [4.78, 5) is 11.6. The molecule has 0 radical (unpaired) electrons. The number of amides is 1. The van der Waals surface area contributed by atoms with Crippen LogP contribution in [0.3, 0.4) is 0 Å². The molecule has 2 aromatic carbocycles. The predicted molar refractivity (Wildman–Crippen MR) is 98.9 cm³/mol. The normalized spacial score (nSPS) is 10.8. The number of hydrogen-bond acceptors (Lipinski definition) is 3. The standard InChI is InChI=1S/C19H21ClN2O2/c1-14-11-16(12-17(20)18(14)21)9-5-6-10-22-19(23)24-13-15-7-3-2-4-8-15/h2-5,7-9,11-12H,6,10,13,21H2,1H3,(H,22,23). The lowest BCUT2D eigenvalue weighted by Crippen LogP contribution is -2.24. The minimum Gasteiger partial charge on any atom is -0.445 e. The number of hydrogen-bond donors (Lipinski definition) is 2. The highest BCUT2D eigenvalue weighted by Crippen LogP contribution is 2.24. The molecule has 0 saturated heterocycles. The number of alkyl carbamates (subject to hydrolysis) is 1. The fourth-order valence-corrected chi connectivity index (χ4v) is 2.40. The summed E-state index contributed by atoms with van der Waals surface area (Å²) in [6.45, 7) is 2.69. The van der Waals surface area contributed by atoms with Gasteiger partial charge in [-0.2, -0.15) is 0 Å². The minimum atomic E-state index is -0.418. The second-order valence-corrected chi connectivity index (χ2v) is 5.82. The topological polar surface area (TPSA) is 64.3 Å². The largest absolute Gasteiger partial charge is 0.445 e. The van der Waals surface area contributed by atoms with E-state index in [-0.39, 0.29) is 6.61 Å². The minimum absolute atomic E-state index is 0.270. The van der Waals surface area contributed by atoms with Crippen LogP contribution in [0.15, 0.2) is 48.5 Å². The van der Waals surface area contributed by atoms with Crippen molar-refractivity contribution in [2.75, 3.05) is 12.3 Å². The molecule has 0 aliphatic heterocycles. The summed E-state index contributed by atoms with van der Waals surface area (Å²) in [6, 6.07) is 13.4. The lowest BCUT2D eigenvalue weighted by atomic mass is 10.1. The van der Waals surface area contributed by atoms with Crippen molar-refractivity contribution in [1.29, 1.82) is 0 Å². The molecule has 5 heteroatoms. The Kier molecular flexibility index (Phi) is 6.70. The maximum Gasteiger partial charge on any atom is 0.407 e. The van der Waals surface area contributed by atoms with Crippen molar-refractivity contribution in [3.8, 4) is 0 Å². The van der Waals surface area contributed by atoms with Crippen molar-refractivity contribution >= 4 is 29.5 Å². The zero-order chi connectivity index (χ0) is 17.4. The Labute approximate surface area is 147 Å². The van der Waals surface area contributed by atoms with E-state index in [2.05, 4.69) is 5.32 Å². The second kappa shape index (κ2) is 8.99. The van der Waals surface area contributed by atoms with Gasteiger partial charge in [0.1, 0.15) is 6.61 Å². The molecule has 1 amide bonds. The van der Waals surface area contributed by atoms with E-state index >= 15 is 0 Å². The number of nitrogen functional groups attached to an aromatic ring is 1. The van der Waals surface area contributed by atoms with Gasteiger partial charge in [0.2, 0.25) is 0 Å². The molecule has 24 heavy (non-hydrogen) atoms. The van der Waals surface area contributed by atoms with Crippen LogP contribution in [0.25, 0.3) is 6.08 Å². The Morgan fingerprint density at radius 1 is 1.29 bits per heavy atom. The third kappa shape index (κ3) is 5.63. The number of anilines is 1. The van der Waals surface area contributed by atoms with Crippen LogP contribution in [0.4, 0.5) is 10.5 Å². The van der Waals surface area contributed by atoms with Gasteiger partial charge in [-0.3, -0.25) is 0 Å². The van der Waals surface area contributed by atoms with Gasteiger partial charge < -0.3 is 15.8 Å². The Morgan fingerprint density at radius 3 is 2.75 bits per heavy atom. The summed E-state index contributed by atoms with van der Waals surface area (Å²) < 4.78 is 5.13. The van der Waals surface area contributed by atoms with Crippen LogP contribution < -0.4 is 11.1 Å². The van der Waals surface area contributed by atoms with Gasteiger partial charge in [-0.1, -0.05) is 54.1 Å². The lowest BCUT2D eigenvalue weighted by Gasteiger charge is -2.06. The van der Waals surface area contributed by atoms with Crippen LogP contribution in [0.5, 0.6) is 0 Å². The third-order valence-electron chi connectivity index (χ3n) is 3.46. The molecular formula is C19H21ClN2O2. The Balaban J connectivity index is 1.69. The third-order valence-corrected chi connectivity index (χ3v) is 3.77. The molecule has 0 saturated carbocycles. The molecule has 0 bridgehead atoms. The Bertz CT molecular complexity index is 692. The predicted octanol–water partition coefficient (Wildman–Crippen LogP) is 4.56. The van der Waals surface area contributed by atoms with Crippen molar-refractivity contribution in [2.45, 2.75) is 20.0 Å². The molecule has 3 N–H and O–H groups in total. The summed E-state index contributed by atoms with van der Waals surface area (Å²) in [5.74, 6) is 0. The lowest BCUT2D eigenvalue weighted by molar-refractivity contribution is 0.140. The van der Waals surface area contributed by atoms with Gasteiger partial charge >= 0.3 is 6.09 Å². The van der Waals surface area contributed by atoms with Gasteiger partial charge in [0, 0.05) is 6.54 Å². The summed E-state index contributed by atoms with van der Waals surface area (Å²) in [5, 5.41) is 3.27. The van der Waals surface area contributed by atoms with Gasteiger partial charge in [0.25, 0.3) is 0 Å². The maximum absolute atomic E-state index is 11.6. The molecule has 0 aromatic heterocycles. The van der Waals surface area contributed by atoms with Crippen LogP contribution in [0.1, 0.15) is 23.1 Å². The molecule has 2 rings (SSSR count). The molecule has 0 spiro atoms. The van der Waals surface area contributed by atoms with E-state index in [0.717, 1.165) is 16.7 Å². The summed E-state index contributed by atoms with van der Waals surface area (Å²) in [5.41, 5.74) is 9.32. The van der Waals surface area contributed by atoms with E-state index in [1.807, 2.05) is 61.5 Å². The maximum atomic E-state index is 11.6. The van der Waals surface area contributed by atoms with Crippen molar-refractivity contribution < 1.29 is 9.53 Å². The highest BCUT2D eigenvalue weighted by molar-refractivity contribution is 6.33. The molecule has 4 nitrogen and oxygen atoms in total. The molecular weight excluding hydrogens is 324 g/mol. The highest BCUT2D eigenvalue weighted by atomic mass is 35.5. The number of carbonyl (C=O) groups excluding carboxylic acids is 1. The first-order chi connectivity index (χ1) is 11.6. The second-order valence-electron chi connectivity index (χ2n) is 5.41. The van der Waals surface area contributed by atoms with Gasteiger partial charge in [0.15, 0.2) is 0 Å². The fourth-order valence-electron chi connectivity index (χ4n) is 2.13. The van der Waals surface area contributed by atoms with Crippen LogP contribution in [0, 0.1) is 6.92 Å². The Hall–Kier alpha value is -2.46. The highest BCUT2D eigenvalue weighted by Gasteiger charge is 2.02. The van der Waals surface area contributed by atoms with Crippen LogP contribution in [-0.4, -0.2) is 12.6 Å². The molecule has 0 unspecified atom stereocenters. The van der Waals surface area contributed by atoms with Crippen LogP contribution in [0.2, 0.25) is 5.02 Å². The monoisotopic (exact) mass is 344 g/mol.